The van der Waals surface area contributed by atoms with Crippen LogP contribution < -0.4 is 0 Å². The third kappa shape index (κ3) is 5.07. The van der Waals surface area contributed by atoms with Crippen LogP contribution in [0.3, 0.4) is 0 Å². The Morgan fingerprint density at radius 3 is 1.67 bits per heavy atom. The van der Waals surface area contributed by atoms with Crippen LogP contribution in [0.1, 0.15) is 34.5 Å². The summed E-state index contributed by atoms with van der Waals surface area (Å²) in [6.07, 6.45) is -0.516. The Labute approximate surface area is 141 Å². The van der Waals surface area contributed by atoms with Crippen LogP contribution in [0.15, 0.2) is 84.9 Å². The molecular formula is C21H20O3. The number of aromatic hydroxyl groups is 1. The fourth-order valence-corrected chi connectivity index (χ4v) is 2.19. The molecule has 0 saturated carbocycles. The first-order valence-electron chi connectivity index (χ1n) is 7.66. The molecule has 0 unspecified atom stereocenters. The van der Waals surface area contributed by atoms with E-state index in [4.69, 9.17) is 5.11 Å². The summed E-state index contributed by atoms with van der Waals surface area (Å²) >= 11 is 0. The van der Waals surface area contributed by atoms with E-state index in [1.165, 1.54) is 19.1 Å². The number of benzene rings is 3. The number of Topliss-reactive ketones (excluding diaryl/α,β-unsaturated/α-hetero) is 1. The van der Waals surface area contributed by atoms with Gasteiger partial charge in [0.1, 0.15) is 11.9 Å². The maximum atomic E-state index is 10.7. The van der Waals surface area contributed by atoms with E-state index < -0.39 is 6.10 Å². The molecule has 122 valence electrons. The molecule has 0 heterocycles. The third-order valence-electron chi connectivity index (χ3n) is 3.48. The van der Waals surface area contributed by atoms with Gasteiger partial charge in [-0.15, -0.1) is 0 Å². The molecule has 0 aliphatic carbocycles. The van der Waals surface area contributed by atoms with Gasteiger partial charge >= 0.3 is 0 Å². The monoisotopic (exact) mass is 320 g/mol. The fraction of sp³-hybridized carbons (Fsp3) is 0.0952. The first kappa shape index (κ1) is 17.4. The predicted octanol–water partition coefficient (Wildman–Crippen LogP) is 4.36. The highest BCUT2D eigenvalue weighted by atomic mass is 16.3. The number of hydrogen-bond donors (Lipinski definition) is 2. The predicted molar refractivity (Wildman–Crippen MR) is 95.1 cm³/mol. The summed E-state index contributed by atoms with van der Waals surface area (Å²) in [5, 5.41) is 18.9. The highest BCUT2D eigenvalue weighted by molar-refractivity contribution is 5.94. The number of ketones is 1. The Kier molecular flexibility index (Phi) is 6.29. The molecule has 0 amide bonds. The van der Waals surface area contributed by atoms with Gasteiger partial charge in [-0.1, -0.05) is 72.8 Å². The number of phenolic OH excluding ortho intramolecular Hbond substituents is 1. The SMILES string of the molecule is CC(=O)c1cccc(O)c1.OC(c1ccccc1)c1ccccc1. The smallest absolute Gasteiger partial charge is 0.159 e. The molecule has 3 heteroatoms. The first-order chi connectivity index (χ1) is 11.6. The molecular weight excluding hydrogens is 300 g/mol. The van der Waals surface area contributed by atoms with Gasteiger partial charge in [-0.3, -0.25) is 4.79 Å². The van der Waals surface area contributed by atoms with E-state index in [9.17, 15) is 9.90 Å². The van der Waals surface area contributed by atoms with Crippen LogP contribution in [0.4, 0.5) is 0 Å². The molecule has 3 aromatic rings. The fourth-order valence-electron chi connectivity index (χ4n) is 2.19. The van der Waals surface area contributed by atoms with Crippen molar-refractivity contribution in [3.8, 4) is 5.75 Å². The summed E-state index contributed by atoms with van der Waals surface area (Å²) in [5.41, 5.74) is 2.40. The highest BCUT2D eigenvalue weighted by Crippen LogP contribution is 2.20. The molecule has 0 aromatic heterocycles. The molecule has 0 fully saturated rings. The van der Waals surface area contributed by atoms with Crippen LogP contribution in [-0.4, -0.2) is 16.0 Å². The molecule has 3 nitrogen and oxygen atoms in total. The van der Waals surface area contributed by atoms with Gasteiger partial charge in [-0.2, -0.15) is 0 Å². The maximum absolute atomic E-state index is 10.7. The summed E-state index contributed by atoms with van der Waals surface area (Å²) in [7, 11) is 0. The lowest BCUT2D eigenvalue weighted by Crippen LogP contribution is -1.98. The zero-order chi connectivity index (χ0) is 17.4. The maximum Gasteiger partial charge on any atom is 0.159 e. The van der Waals surface area contributed by atoms with Crippen LogP contribution in [0.25, 0.3) is 0 Å². The van der Waals surface area contributed by atoms with E-state index in [0.717, 1.165) is 11.1 Å². The van der Waals surface area contributed by atoms with Crippen molar-refractivity contribution in [2.24, 2.45) is 0 Å². The molecule has 0 radical (unpaired) electrons. The van der Waals surface area contributed by atoms with Gasteiger partial charge in [-0.05, 0) is 30.2 Å². The Morgan fingerprint density at radius 1 is 0.792 bits per heavy atom. The number of rotatable bonds is 3. The van der Waals surface area contributed by atoms with Crippen molar-refractivity contribution >= 4 is 5.78 Å². The van der Waals surface area contributed by atoms with Crippen LogP contribution in [0.5, 0.6) is 5.75 Å². The average molecular weight is 320 g/mol. The van der Waals surface area contributed by atoms with Gasteiger partial charge in [0.25, 0.3) is 0 Å². The standard InChI is InChI=1S/C13H12O.C8H8O2/c14-13(11-7-3-1-4-8-11)12-9-5-2-6-10-12;1-6(9)7-3-2-4-8(10)5-7/h1-10,13-14H;2-5,10H,1H3. The lowest BCUT2D eigenvalue weighted by molar-refractivity contribution is 0.101. The number of carbonyl (C=O) groups excluding carboxylic acids is 1. The number of aliphatic hydroxyl groups is 1. The second-order valence-corrected chi connectivity index (χ2v) is 5.33. The Hall–Kier alpha value is -2.91. The Morgan fingerprint density at radius 2 is 1.29 bits per heavy atom. The number of phenols is 1. The zero-order valence-corrected chi connectivity index (χ0v) is 13.5. The van der Waals surface area contributed by atoms with Crippen LogP contribution in [-0.2, 0) is 0 Å². The first-order valence-corrected chi connectivity index (χ1v) is 7.66. The summed E-state index contributed by atoms with van der Waals surface area (Å²) in [6.45, 7) is 1.47. The molecule has 0 saturated heterocycles. The van der Waals surface area contributed by atoms with Gasteiger partial charge in [0.05, 0.1) is 0 Å². The van der Waals surface area contributed by atoms with E-state index in [0.29, 0.717) is 5.56 Å². The second-order valence-electron chi connectivity index (χ2n) is 5.33. The lowest BCUT2D eigenvalue weighted by atomic mass is 10.0. The summed E-state index contributed by atoms with van der Waals surface area (Å²) < 4.78 is 0. The topological polar surface area (TPSA) is 57.5 Å². The summed E-state index contributed by atoms with van der Waals surface area (Å²) in [5.74, 6) is 0.101. The quantitative estimate of drug-likeness (QED) is 0.705. The molecule has 2 N–H and O–H groups in total. The van der Waals surface area contributed by atoms with E-state index >= 15 is 0 Å². The molecule has 0 spiro atoms. The normalized spacial score (nSPS) is 9.96. The summed E-state index contributed by atoms with van der Waals surface area (Å²) in [6, 6.07) is 25.6. The van der Waals surface area contributed by atoms with Gasteiger partial charge in [0.15, 0.2) is 5.78 Å². The lowest BCUT2D eigenvalue weighted by Gasteiger charge is -2.10. The zero-order valence-electron chi connectivity index (χ0n) is 13.5. The second kappa shape index (κ2) is 8.65. The molecule has 0 atom stereocenters. The minimum absolute atomic E-state index is 0.0316. The third-order valence-corrected chi connectivity index (χ3v) is 3.48. The van der Waals surface area contributed by atoms with E-state index in [1.807, 2.05) is 60.7 Å². The number of aliphatic hydroxyl groups excluding tert-OH is 1. The molecule has 3 rings (SSSR count). The van der Waals surface area contributed by atoms with Gasteiger partial charge in [0.2, 0.25) is 0 Å². The van der Waals surface area contributed by atoms with Crippen molar-refractivity contribution in [1.29, 1.82) is 0 Å². The van der Waals surface area contributed by atoms with Gasteiger partial charge in [0, 0.05) is 5.56 Å². The molecule has 0 aliphatic heterocycles. The number of hydrogen-bond acceptors (Lipinski definition) is 3. The van der Waals surface area contributed by atoms with Crippen molar-refractivity contribution in [2.45, 2.75) is 13.0 Å². The van der Waals surface area contributed by atoms with Crippen molar-refractivity contribution < 1.29 is 15.0 Å². The van der Waals surface area contributed by atoms with Crippen molar-refractivity contribution in [2.75, 3.05) is 0 Å². The molecule has 0 bridgehead atoms. The van der Waals surface area contributed by atoms with E-state index in [1.54, 1.807) is 12.1 Å². The van der Waals surface area contributed by atoms with Crippen LogP contribution in [0, 0.1) is 0 Å². The summed E-state index contributed by atoms with van der Waals surface area (Å²) in [4.78, 5) is 10.7. The Balaban J connectivity index is 0.000000185. The average Bonchev–Trinajstić information content (AvgIpc) is 2.63. The van der Waals surface area contributed by atoms with Crippen molar-refractivity contribution in [1.82, 2.24) is 0 Å². The minimum Gasteiger partial charge on any atom is -0.508 e. The molecule has 24 heavy (non-hydrogen) atoms. The molecule has 3 aromatic carbocycles. The van der Waals surface area contributed by atoms with Crippen molar-refractivity contribution in [3.63, 3.8) is 0 Å². The Bertz CT molecular complexity index is 728. The van der Waals surface area contributed by atoms with E-state index in [2.05, 4.69) is 0 Å². The van der Waals surface area contributed by atoms with Crippen LogP contribution in [0.2, 0.25) is 0 Å². The minimum atomic E-state index is -0.516. The molecule has 0 aliphatic rings. The number of carbonyl (C=O) groups is 1. The largest absolute Gasteiger partial charge is 0.508 e. The van der Waals surface area contributed by atoms with E-state index in [-0.39, 0.29) is 11.5 Å². The highest BCUT2D eigenvalue weighted by Gasteiger charge is 2.07. The van der Waals surface area contributed by atoms with Crippen LogP contribution >= 0.6 is 0 Å². The van der Waals surface area contributed by atoms with Crippen molar-refractivity contribution in [3.05, 3.63) is 102 Å². The van der Waals surface area contributed by atoms with Gasteiger partial charge < -0.3 is 10.2 Å². The van der Waals surface area contributed by atoms with Gasteiger partial charge in [-0.25, -0.2) is 0 Å².